The molecule has 0 atom stereocenters. The van der Waals surface area contributed by atoms with Crippen molar-refractivity contribution in [3.05, 3.63) is 118 Å². The number of anilines is 1. The van der Waals surface area contributed by atoms with Gasteiger partial charge in [0.2, 0.25) is 5.69 Å². The number of unbranched alkanes of at least 4 members (excludes halogenated alkanes) is 30. The summed E-state index contributed by atoms with van der Waals surface area (Å²) in [6.45, 7) is 16.8. The third-order valence-corrected chi connectivity index (χ3v) is 16.9. The van der Waals surface area contributed by atoms with Crippen LogP contribution >= 0.6 is 11.6 Å². The van der Waals surface area contributed by atoms with Crippen LogP contribution in [0.5, 0.6) is 0 Å². The number of allylic oxidation sites excluding steroid dienone is 4. The van der Waals surface area contributed by atoms with Crippen molar-refractivity contribution in [2.75, 3.05) is 18.0 Å². The highest BCUT2D eigenvalue weighted by Crippen LogP contribution is 2.48. The molecule has 2 aliphatic rings. The van der Waals surface area contributed by atoms with Crippen LogP contribution in [-0.2, 0) is 23.3 Å². The van der Waals surface area contributed by atoms with Gasteiger partial charge in [-0.3, -0.25) is 4.79 Å². The fourth-order valence-electron chi connectivity index (χ4n) is 11.9. The monoisotopic (exact) mass is 1140 g/mol. The molecule has 4 nitrogen and oxygen atoms in total. The van der Waals surface area contributed by atoms with Crippen molar-refractivity contribution in [1.29, 1.82) is 0 Å². The van der Waals surface area contributed by atoms with E-state index in [1.807, 2.05) is 24.3 Å². The van der Waals surface area contributed by atoms with E-state index in [9.17, 15) is 4.79 Å². The second-order valence-corrected chi connectivity index (χ2v) is 23.6. The number of hydrogen-bond donors (Lipinski definition) is 1. The van der Waals surface area contributed by atoms with Crippen LogP contribution in [0.4, 0.5) is 11.4 Å². The van der Waals surface area contributed by atoms with Crippen molar-refractivity contribution in [2.24, 2.45) is 0 Å². The first kappa shape index (κ1) is 63.6. The Morgan fingerprint density at radius 2 is 1.01 bits per heavy atom. The summed E-state index contributed by atoms with van der Waals surface area (Å²) in [6.07, 6.45) is 51.6. The minimum absolute atomic E-state index is 0. The zero-order valence-electron chi connectivity index (χ0n) is 48.1. The Morgan fingerprint density at radius 3 is 1.51 bits per heavy atom. The van der Waals surface area contributed by atoms with Crippen LogP contribution < -0.4 is 34.2 Å². The number of halogens is 2. The highest BCUT2D eigenvalue weighted by Gasteiger charge is 2.44. The lowest BCUT2D eigenvalue weighted by Gasteiger charge is -2.27. The highest BCUT2D eigenvalue weighted by atomic mass is 127. The molecule has 3 aromatic carbocycles. The molecule has 0 radical (unpaired) electrons. The maximum atomic E-state index is 13.2. The summed E-state index contributed by atoms with van der Waals surface area (Å²) < 4.78 is 2.64. The number of nitrogens with one attached hydrogen (secondary N) is 1. The maximum absolute atomic E-state index is 13.2. The number of nitrogens with zero attached hydrogens (tertiary/aromatic N) is 2. The second kappa shape index (κ2) is 36.2. The molecule has 412 valence electrons. The molecule has 0 saturated heterocycles. The summed E-state index contributed by atoms with van der Waals surface area (Å²) in [4.78, 5) is 15.8. The molecule has 3 aromatic rings. The van der Waals surface area contributed by atoms with Gasteiger partial charge in [0.1, 0.15) is 6.54 Å². The number of alkyl halides is 1. The predicted octanol–water partition coefficient (Wildman–Crippen LogP) is 17.5. The zero-order valence-corrected chi connectivity index (χ0v) is 51.0. The van der Waals surface area contributed by atoms with Crippen molar-refractivity contribution >= 4 is 34.6 Å². The Bertz CT molecular complexity index is 2120. The minimum atomic E-state index is -0.196. The lowest BCUT2D eigenvalue weighted by molar-refractivity contribution is -0.438. The van der Waals surface area contributed by atoms with Gasteiger partial charge in [-0.05, 0) is 67.7 Å². The molecule has 0 aliphatic carbocycles. The van der Waals surface area contributed by atoms with Crippen LogP contribution in [0.1, 0.15) is 280 Å². The Balaban J connectivity index is 0.0000119. The van der Waals surface area contributed by atoms with Gasteiger partial charge < -0.3 is 34.2 Å². The standard InChI is InChI=1S/C68H104ClN3O.HI/c1-7-9-11-13-15-17-19-21-23-25-27-29-31-33-35-39-52-71-62-43-38-37-42-60(62)67(3,4)64(71)44-41-45-65-68(5,6)61-54-58(56-70-66(73)59-49-46-57(55-69)47-50-59)48-51-63(61)72(65)53-40-36-34-32-30-28-26-24-22-20-18-16-14-12-10-8-2;/h37-38,41-51,54H,7-36,39-40,52-53,55-56H2,1-6H3;1H. The van der Waals surface area contributed by atoms with E-state index >= 15 is 0 Å². The number of rotatable bonds is 40. The van der Waals surface area contributed by atoms with Crippen molar-refractivity contribution < 1.29 is 33.3 Å². The largest absolute Gasteiger partial charge is 1.00 e. The number of carbonyl (C=O) groups excluding carboxylic acids is 1. The summed E-state index contributed by atoms with van der Waals surface area (Å²) in [5.74, 6) is 0.384. The van der Waals surface area contributed by atoms with Crippen LogP contribution in [0.15, 0.2) is 90.7 Å². The van der Waals surface area contributed by atoms with Gasteiger partial charge in [0.15, 0.2) is 5.71 Å². The molecule has 0 spiro atoms. The van der Waals surface area contributed by atoms with Gasteiger partial charge in [-0.1, -0.05) is 262 Å². The van der Waals surface area contributed by atoms with Gasteiger partial charge in [0.25, 0.3) is 5.91 Å². The summed E-state index contributed by atoms with van der Waals surface area (Å²) >= 11 is 6.02. The van der Waals surface area contributed by atoms with E-state index in [0.29, 0.717) is 18.0 Å². The Kier molecular flexibility index (Phi) is 31.2. The zero-order chi connectivity index (χ0) is 52.0. The average molecular weight is 1140 g/mol. The average Bonchev–Trinajstić information content (AvgIpc) is 3.74. The molecule has 0 saturated carbocycles. The molecular formula is C68H105ClIN3O. The molecule has 6 heteroatoms. The molecule has 74 heavy (non-hydrogen) atoms. The van der Waals surface area contributed by atoms with E-state index in [4.69, 9.17) is 11.6 Å². The molecule has 2 heterocycles. The molecule has 2 aliphatic heterocycles. The van der Waals surface area contributed by atoms with Crippen LogP contribution in [0.2, 0.25) is 0 Å². The lowest BCUT2D eigenvalue weighted by Crippen LogP contribution is -3.00. The van der Waals surface area contributed by atoms with Crippen LogP contribution in [0.3, 0.4) is 0 Å². The summed E-state index contributed by atoms with van der Waals surface area (Å²) in [5.41, 5.74) is 10.8. The third-order valence-electron chi connectivity index (χ3n) is 16.6. The van der Waals surface area contributed by atoms with Gasteiger partial charge in [-0.15, -0.1) is 11.6 Å². The summed E-state index contributed by atoms with van der Waals surface area (Å²) in [7, 11) is 0. The van der Waals surface area contributed by atoms with Crippen molar-refractivity contribution in [1.82, 2.24) is 5.32 Å². The van der Waals surface area contributed by atoms with Gasteiger partial charge in [0, 0.05) is 65.5 Å². The van der Waals surface area contributed by atoms with E-state index in [1.54, 1.807) is 0 Å². The van der Waals surface area contributed by atoms with E-state index < -0.39 is 0 Å². The van der Waals surface area contributed by atoms with E-state index in [1.165, 1.54) is 239 Å². The first-order chi connectivity index (χ1) is 35.6. The first-order valence-electron chi connectivity index (χ1n) is 30.6. The van der Waals surface area contributed by atoms with Crippen LogP contribution in [0.25, 0.3) is 0 Å². The second-order valence-electron chi connectivity index (χ2n) is 23.3. The number of amides is 1. The molecule has 0 fully saturated rings. The van der Waals surface area contributed by atoms with Crippen molar-refractivity contribution in [3.63, 3.8) is 0 Å². The fourth-order valence-corrected chi connectivity index (χ4v) is 12.0. The molecule has 1 amide bonds. The number of hydrogen-bond acceptors (Lipinski definition) is 2. The maximum Gasteiger partial charge on any atom is 0.251 e. The predicted molar refractivity (Wildman–Crippen MR) is 320 cm³/mol. The number of fused-ring (bicyclic) bond motifs is 2. The van der Waals surface area contributed by atoms with E-state index in [-0.39, 0.29) is 40.7 Å². The molecule has 5 rings (SSSR count). The van der Waals surface area contributed by atoms with Gasteiger partial charge in [-0.25, -0.2) is 0 Å². The Labute approximate surface area is 476 Å². The molecule has 0 aromatic heterocycles. The molecule has 1 N–H and O–H groups in total. The lowest BCUT2D eigenvalue weighted by atomic mass is 9.81. The van der Waals surface area contributed by atoms with Crippen molar-refractivity contribution in [3.8, 4) is 0 Å². The van der Waals surface area contributed by atoms with E-state index in [2.05, 4.69) is 117 Å². The fraction of sp³-hybridized carbons (Fsp3) is 0.647. The van der Waals surface area contributed by atoms with Gasteiger partial charge in [0.05, 0.1) is 5.41 Å². The quantitative estimate of drug-likeness (QED) is 0.0267. The molecular weight excluding hydrogens is 1040 g/mol. The number of carbonyl (C=O) groups is 1. The molecule has 0 unspecified atom stereocenters. The SMILES string of the molecule is CCCCCCCCCCCCCCCCCCN1/C(=C/C=C/C2=[N+](CCCCCCCCCCCCCCCCCC)c3ccccc3C2(C)C)C(C)(C)c2cc(CNC(=O)c3ccc(CCl)cc3)ccc21.[I-]. The third kappa shape index (κ3) is 20.8. The Hall–Kier alpha value is -2.90. The van der Waals surface area contributed by atoms with E-state index in [0.717, 1.165) is 24.2 Å². The summed E-state index contributed by atoms with van der Waals surface area (Å²) in [5, 5.41) is 3.19. The van der Waals surface area contributed by atoms with Crippen LogP contribution in [-0.4, -0.2) is 29.3 Å². The number of benzene rings is 3. The first-order valence-corrected chi connectivity index (χ1v) is 31.1. The van der Waals surface area contributed by atoms with Crippen molar-refractivity contribution in [2.45, 2.75) is 270 Å². The van der Waals surface area contributed by atoms with Gasteiger partial charge in [-0.2, -0.15) is 4.58 Å². The highest BCUT2D eigenvalue weighted by molar-refractivity contribution is 6.17. The van der Waals surface area contributed by atoms with Gasteiger partial charge >= 0.3 is 0 Å². The number of para-hydroxylation sites is 1. The molecule has 0 bridgehead atoms. The minimum Gasteiger partial charge on any atom is -1.00 e. The smallest absolute Gasteiger partial charge is 0.251 e. The topological polar surface area (TPSA) is 35.4 Å². The van der Waals surface area contributed by atoms with Crippen LogP contribution in [0, 0.1) is 0 Å². The summed E-state index contributed by atoms with van der Waals surface area (Å²) in [6, 6.07) is 23.6. The Morgan fingerprint density at radius 1 is 0.554 bits per heavy atom. The normalized spacial score (nSPS) is 15.1.